The molecule has 9 nitrogen and oxygen atoms in total. The number of ether oxygens (including phenoxy) is 1. The third kappa shape index (κ3) is 3.85. The molecule has 0 spiro atoms. The van der Waals surface area contributed by atoms with Crippen molar-refractivity contribution >= 4 is 12.2 Å². The third-order valence-corrected chi connectivity index (χ3v) is 5.54. The maximum atomic E-state index is 13.3. The molecule has 0 saturated carbocycles. The molecule has 4 N–H and O–H groups in total. The molecule has 10 heteroatoms. The van der Waals surface area contributed by atoms with Gasteiger partial charge in [-0.15, -0.1) is 0 Å². The molecule has 3 aromatic rings. The largest absolute Gasteiger partial charge is 0.394 e. The van der Waals surface area contributed by atoms with E-state index in [4.69, 9.17) is 17.0 Å². The van der Waals surface area contributed by atoms with Crippen LogP contribution in [0.15, 0.2) is 65.5 Å². The van der Waals surface area contributed by atoms with Crippen LogP contribution in [0.25, 0.3) is 16.9 Å². The van der Waals surface area contributed by atoms with Crippen LogP contribution in [-0.4, -0.2) is 65.8 Å². The van der Waals surface area contributed by atoms with Crippen LogP contribution in [0.4, 0.5) is 0 Å². The molecule has 0 aliphatic carbocycles. The van der Waals surface area contributed by atoms with Gasteiger partial charge < -0.3 is 25.2 Å². The molecule has 0 unspecified atom stereocenters. The van der Waals surface area contributed by atoms with Crippen molar-refractivity contribution in [1.82, 2.24) is 14.3 Å². The lowest BCUT2D eigenvalue weighted by atomic mass is 9.98. The van der Waals surface area contributed by atoms with E-state index < -0.39 is 42.8 Å². The van der Waals surface area contributed by atoms with Crippen molar-refractivity contribution < 1.29 is 25.2 Å². The molecular formula is C21H21N3O6S. The van der Waals surface area contributed by atoms with Gasteiger partial charge in [-0.1, -0.05) is 48.5 Å². The average molecular weight is 443 g/mol. The lowest BCUT2D eigenvalue weighted by Gasteiger charge is -2.40. The average Bonchev–Trinajstić information content (AvgIpc) is 2.80. The van der Waals surface area contributed by atoms with Crippen molar-refractivity contribution in [3.8, 4) is 16.9 Å². The van der Waals surface area contributed by atoms with Crippen LogP contribution in [-0.2, 0) is 4.74 Å². The molecule has 5 atom stereocenters. The highest BCUT2D eigenvalue weighted by Crippen LogP contribution is 2.29. The molecule has 2 aromatic carbocycles. The van der Waals surface area contributed by atoms with E-state index in [1.165, 1.54) is 4.57 Å². The smallest absolute Gasteiger partial charge is 0.285 e. The highest BCUT2D eigenvalue weighted by Gasteiger charge is 2.45. The Morgan fingerprint density at radius 3 is 2.16 bits per heavy atom. The fourth-order valence-corrected chi connectivity index (χ4v) is 3.85. The number of aliphatic hydroxyl groups is 4. The Labute approximate surface area is 182 Å². The molecule has 0 radical (unpaired) electrons. The van der Waals surface area contributed by atoms with Crippen molar-refractivity contribution in [2.45, 2.75) is 30.6 Å². The van der Waals surface area contributed by atoms with Crippen LogP contribution in [0.1, 0.15) is 6.23 Å². The predicted octanol–water partition coefficient (Wildman–Crippen LogP) is 0.403. The highest BCUT2D eigenvalue weighted by atomic mass is 32.1. The summed E-state index contributed by atoms with van der Waals surface area (Å²) in [6.45, 7) is -0.599. The molecule has 1 aliphatic heterocycles. The summed E-state index contributed by atoms with van der Waals surface area (Å²) in [7, 11) is 0. The molecule has 0 bridgehead atoms. The van der Waals surface area contributed by atoms with E-state index in [1.54, 1.807) is 60.7 Å². The second-order valence-corrected chi connectivity index (χ2v) is 7.50. The Hall–Kier alpha value is -2.73. The zero-order chi connectivity index (χ0) is 22.1. The van der Waals surface area contributed by atoms with Gasteiger partial charge in [0, 0.05) is 5.56 Å². The van der Waals surface area contributed by atoms with Crippen molar-refractivity contribution in [2.75, 3.05) is 6.61 Å². The standard InChI is InChI=1S/C21H21N3O6S/c25-11-14-16(26)17(27)18(28)20(30-14)24-21(31)23(13-9-5-2-6-10-13)19(29)15(22-24)12-7-3-1-4-8-12/h1-10,14,16-18,20,25-28H,11H2/t14-,16-,17+,18-,20-/m1/s1. The number of hydrogen-bond donors (Lipinski definition) is 4. The van der Waals surface area contributed by atoms with Crippen molar-refractivity contribution in [1.29, 1.82) is 0 Å². The third-order valence-electron chi connectivity index (χ3n) is 5.17. The van der Waals surface area contributed by atoms with E-state index in [9.17, 15) is 25.2 Å². The highest BCUT2D eigenvalue weighted by molar-refractivity contribution is 7.71. The number of aromatic nitrogens is 3. The number of para-hydroxylation sites is 1. The summed E-state index contributed by atoms with van der Waals surface area (Å²) in [4.78, 5) is 13.3. The molecule has 4 rings (SSSR count). The number of nitrogens with zero attached hydrogens (tertiary/aromatic N) is 3. The zero-order valence-electron chi connectivity index (χ0n) is 16.2. The molecule has 1 saturated heterocycles. The summed E-state index contributed by atoms with van der Waals surface area (Å²) >= 11 is 5.51. The normalized spacial score (nSPS) is 26.0. The first-order chi connectivity index (χ1) is 14.9. The minimum absolute atomic E-state index is 0.0509. The number of hydrogen-bond acceptors (Lipinski definition) is 8. The molecule has 1 aliphatic rings. The molecule has 1 aromatic heterocycles. The van der Waals surface area contributed by atoms with E-state index in [1.807, 2.05) is 0 Å². The van der Waals surface area contributed by atoms with Gasteiger partial charge in [-0.3, -0.25) is 9.36 Å². The first-order valence-electron chi connectivity index (χ1n) is 9.61. The zero-order valence-corrected chi connectivity index (χ0v) is 17.0. The summed E-state index contributed by atoms with van der Waals surface area (Å²) in [6.07, 6.45) is -7.25. The van der Waals surface area contributed by atoms with Gasteiger partial charge in [0.15, 0.2) is 11.9 Å². The van der Waals surface area contributed by atoms with Crippen LogP contribution < -0.4 is 5.56 Å². The minimum atomic E-state index is -1.61. The molecule has 31 heavy (non-hydrogen) atoms. The number of aliphatic hydroxyl groups excluding tert-OH is 4. The summed E-state index contributed by atoms with van der Waals surface area (Å²) in [5.41, 5.74) is 0.583. The fraction of sp³-hybridized carbons (Fsp3) is 0.286. The van der Waals surface area contributed by atoms with Crippen LogP contribution >= 0.6 is 12.2 Å². The molecule has 2 heterocycles. The molecule has 1 fully saturated rings. The Morgan fingerprint density at radius 2 is 1.55 bits per heavy atom. The molecular weight excluding hydrogens is 422 g/mol. The van der Waals surface area contributed by atoms with Gasteiger partial charge in [0.1, 0.15) is 24.4 Å². The summed E-state index contributed by atoms with van der Waals surface area (Å²) in [5, 5.41) is 44.8. The Bertz CT molecular complexity index is 1170. The Kier molecular flexibility index (Phi) is 6.10. The second kappa shape index (κ2) is 8.79. The van der Waals surface area contributed by atoms with Crippen LogP contribution in [0.3, 0.4) is 0 Å². The van der Waals surface area contributed by atoms with Crippen molar-refractivity contribution in [2.24, 2.45) is 0 Å². The maximum Gasteiger partial charge on any atom is 0.285 e. The van der Waals surface area contributed by atoms with Crippen LogP contribution in [0.2, 0.25) is 0 Å². The number of benzene rings is 2. The first kappa shape index (κ1) is 21.5. The van der Waals surface area contributed by atoms with E-state index in [0.29, 0.717) is 11.3 Å². The van der Waals surface area contributed by atoms with E-state index in [2.05, 4.69) is 5.10 Å². The van der Waals surface area contributed by atoms with E-state index in [-0.39, 0.29) is 10.5 Å². The van der Waals surface area contributed by atoms with Gasteiger partial charge in [0.2, 0.25) is 4.77 Å². The predicted molar refractivity (Wildman–Crippen MR) is 113 cm³/mol. The number of rotatable bonds is 4. The van der Waals surface area contributed by atoms with E-state index >= 15 is 0 Å². The van der Waals surface area contributed by atoms with Gasteiger partial charge in [-0.05, 0) is 24.4 Å². The first-order valence-corrected chi connectivity index (χ1v) is 10.0. The lowest BCUT2D eigenvalue weighted by molar-refractivity contribution is -0.254. The maximum absolute atomic E-state index is 13.3. The monoisotopic (exact) mass is 443 g/mol. The topological polar surface area (TPSA) is 130 Å². The second-order valence-electron chi connectivity index (χ2n) is 7.14. The SMILES string of the molecule is O=c1c(-c2ccccc2)nn([C@@H]2O[C@H](CO)[C@@H](O)[C@H](O)[C@H]2O)c(=S)n1-c1ccccc1. The minimum Gasteiger partial charge on any atom is -0.394 e. The van der Waals surface area contributed by atoms with Gasteiger partial charge in [-0.2, -0.15) is 5.10 Å². The van der Waals surface area contributed by atoms with Gasteiger partial charge >= 0.3 is 0 Å². The Balaban J connectivity index is 1.97. The summed E-state index contributed by atoms with van der Waals surface area (Å²) in [5.74, 6) is 0. The molecule has 0 amide bonds. The van der Waals surface area contributed by atoms with Crippen molar-refractivity contribution in [3.63, 3.8) is 0 Å². The van der Waals surface area contributed by atoms with Gasteiger partial charge in [0.25, 0.3) is 5.56 Å². The fourth-order valence-electron chi connectivity index (χ4n) is 3.52. The van der Waals surface area contributed by atoms with Crippen LogP contribution in [0, 0.1) is 4.77 Å². The Morgan fingerprint density at radius 1 is 0.935 bits per heavy atom. The molecule has 162 valence electrons. The quantitative estimate of drug-likeness (QED) is 0.427. The summed E-state index contributed by atoms with van der Waals surface area (Å²) < 4.78 is 7.92. The van der Waals surface area contributed by atoms with E-state index in [0.717, 1.165) is 4.68 Å². The van der Waals surface area contributed by atoms with Gasteiger partial charge in [-0.25, -0.2) is 4.68 Å². The lowest BCUT2D eigenvalue weighted by Crippen LogP contribution is -2.57. The van der Waals surface area contributed by atoms with Crippen molar-refractivity contribution in [3.05, 3.63) is 75.8 Å². The summed E-state index contributed by atoms with van der Waals surface area (Å²) in [6, 6.07) is 17.4. The van der Waals surface area contributed by atoms with Gasteiger partial charge in [0.05, 0.1) is 12.3 Å². The van der Waals surface area contributed by atoms with Crippen LogP contribution in [0.5, 0.6) is 0 Å².